The molecular formula is C21H21N5O3. The highest BCUT2D eigenvalue weighted by molar-refractivity contribution is 5.77. The van der Waals surface area contributed by atoms with Crippen molar-refractivity contribution in [3.8, 4) is 17.1 Å². The number of benzene rings is 1. The Kier molecular flexibility index (Phi) is 5.60. The number of hydrogen-bond donors (Lipinski definition) is 0. The maximum absolute atomic E-state index is 12.4. The molecule has 0 unspecified atom stereocenters. The Morgan fingerprint density at radius 3 is 2.55 bits per heavy atom. The average molecular weight is 391 g/mol. The first-order valence-corrected chi connectivity index (χ1v) is 9.54. The van der Waals surface area contributed by atoms with Gasteiger partial charge in [-0.3, -0.25) is 9.59 Å². The van der Waals surface area contributed by atoms with Gasteiger partial charge >= 0.3 is 0 Å². The van der Waals surface area contributed by atoms with Crippen LogP contribution in [-0.4, -0.2) is 50.5 Å². The van der Waals surface area contributed by atoms with Crippen LogP contribution in [0.15, 0.2) is 65.6 Å². The summed E-state index contributed by atoms with van der Waals surface area (Å²) in [6.45, 7) is 1.03. The molecule has 8 nitrogen and oxygen atoms in total. The number of hydrogen-bond acceptors (Lipinski definition) is 6. The molecule has 0 aliphatic carbocycles. The van der Waals surface area contributed by atoms with Gasteiger partial charge in [0.05, 0.1) is 11.7 Å². The first-order chi connectivity index (χ1) is 14.2. The van der Waals surface area contributed by atoms with Gasteiger partial charge in [-0.1, -0.05) is 30.3 Å². The fourth-order valence-electron chi connectivity index (χ4n) is 3.40. The summed E-state index contributed by atoms with van der Waals surface area (Å²) in [5.41, 5.74) is 1.61. The minimum Gasteiger partial charge on any atom is -0.466 e. The van der Waals surface area contributed by atoms with Gasteiger partial charge < -0.3 is 9.64 Å². The zero-order valence-electron chi connectivity index (χ0n) is 15.8. The number of rotatable bonds is 5. The Morgan fingerprint density at radius 1 is 1.03 bits per heavy atom. The van der Waals surface area contributed by atoms with Crippen LogP contribution in [0, 0.1) is 0 Å². The monoisotopic (exact) mass is 391 g/mol. The van der Waals surface area contributed by atoms with E-state index in [0.717, 1.165) is 11.3 Å². The number of piperidine rings is 1. The molecule has 1 aromatic carbocycles. The summed E-state index contributed by atoms with van der Waals surface area (Å²) < 4.78 is 6.94. The van der Waals surface area contributed by atoms with Crippen molar-refractivity contribution in [3.05, 3.63) is 71.1 Å². The van der Waals surface area contributed by atoms with E-state index >= 15 is 0 Å². The molecule has 0 N–H and O–H groups in total. The largest absolute Gasteiger partial charge is 0.466 e. The van der Waals surface area contributed by atoms with Gasteiger partial charge in [0.25, 0.3) is 11.5 Å². The van der Waals surface area contributed by atoms with E-state index in [-0.39, 0.29) is 24.1 Å². The van der Waals surface area contributed by atoms with Crippen molar-refractivity contribution in [2.24, 2.45) is 0 Å². The molecular weight excluding hydrogens is 370 g/mol. The molecule has 29 heavy (non-hydrogen) atoms. The molecule has 0 bridgehead atoms. The lowest BCUT2D eigenvalue weighted by Gasteiger charge is -2.32. The fraction of sp³-hybridized carbons (Fsp3) is 0.286. The summed E-state index contributed by atoms with van der Waals surface area (Å²) in [5, 5.41) is 12.1. The maximum Gasteiger partial charge on any atom is 0.267 e. The third-order valence-electron chi connectivity index (χ3n) is 4.95. The highest BCUT2D eigenvalue weighted by atomic mass is 16.5. The van der Waals surface area contributed by atoms with E-state index in [1.807, 2.05) is 30.3 Å². The molecule has 1 aliphatic heterocycles. The predicted octanol–water partition coefficient (Wildman–Crippen LogP) is 1.94. The van der Waals surface area contributed by atoms with Gasteiger partial charge in [0, 0.05) is 37.0 Å². The van der Waals surface area contributed by atoms with Crippen LogP contribution >= 0.6 is 0 Å². The van der Waals surface area contributed by atoms with E-state index < -0.39 is 0 Å². The van der Waals surface area contributed by atoms with Crippen molar-refractivity contribution in [2.75, 3.05) is 19.7 Å². The molecule has 148 valence electrons. The molecule has 0 atom stereocenters. The first kappa shape index (κ1) is 18.8. The quantitative estimate of drug-likeness (QED) is 0.660. The summed E-state index contributed by atoms with van der Waals surface area (Å²) in [6, 6.07) is 16.4. The van der Waals surface area contributed by atoms with E-state index in [4.69, 9.17) is 4.74 Å². The third kappa shape index (κ3) is 4.48. The number of aromatic nitrogens is 4. The zero-order chi connectivity index (χ0) is 20.1. The molecule has 0 saturated carbocycles. The molecule has 0 radical (unpaired) electrons. The number of carbonyl (C=O) groups is 1. The summed E-state index contributed by atoms with van der Waals surface area (Å²) in [5.74, 6) is 0.219. The van der Waals surface area contributed by atoms with Crippen LogP contribution in [0.3, 0.4) is 0 Å². The Labute approximate surface area is 167 Å². The lowest BCUT2D eigenvalue weighted by atomic mass is 10.0. The van der Waals surface area contributed by atoms with Crippen LogP contribution < -0.4 is 10.3 Å². The number of amides is 1. The van der Waals surface area contributed by atoms with Gasteiger partial charge in [-0.25, -0.2) is 4.68 Å². The standard InChI is InChI=1S/C21H21N5O3/c27-20-9-8-18(16-5-2-1-3-6-16)24-26(20)17-10-13-25(14-11-17)21(28)15-29-19-7-4-12-22-23-19/h1-9,12,17H,10-11,13-15H2. The van der Waals surface area contributed by atoms with Crippen LogP contribution in [-0.2, 0) is 4.79 Å². The average Bonchev–Trinajstić information content (AvgIpc) is 2.79. The molecule has 3 aromatic rings. The number of likely N-dealkylation sites (tertiary alicyclic amines) is 1. The van der Waals surface area contributed by atoms with Gasteiger partial charge in [-0.15, -0.1) is 5.10 Å². The van der Waals surface area contributed by atoms with Crippen LogP contribution in [0.5, 0.6) is 5.88 Å². The molecule has 1 fully saturated rings. The van der Waals surface area contributed by atoms with Crippen LogP contribution in [0.4, 0.5) is 0 Å². The van der Waals surface area contributed by atoms with Gasteiger partial charge in [0.1, 0.15) is 0 Å². The minimum absolute atomic E-state index is 0.0314. The first-order valence-electron chi connectivity index (χ1n) is 9.54. The lowest BCUT2D eigenvalue weighted by molar-refractivity contribution is -0.134. The topological polar surface area (TPSA) is 90.2 Å². The fourth-order valence-corrected chi connectivity index (χ4v) is 3.40. The minimum atomic E-state index is -0.125. The molecule has 1 saturated heterocycles. The molecule has 0 spiro atoms. The molecule has 1 aliphatic rings. The van der Waals surface area contributed by atoms with Crippen molar-refractivity contribution in [1.82, 2.24) is 24.9 Å². The third-order valence-corrected chi connectivity index (χ3v) is 4.95. The van der Waals surface area contributed by atoms with Gasteiger partial charge in [-0.2, -0.15) is 10.2 Å². The van der Waals surface area contributed by atoms with Crippen molar-refractivity contribution in [2.45, 2.75) is 18.9 Å². The lowest BCUT2D eigenvalue weighted by Crippen LogP contribution is -2.43. The van der Waals surface area contributed by atoms with Crippen LogP contribution in [0.2, 0.25) is 0 Å². The Balaban J connectivity index is 1.38. The van der Waals surface area contributed by atoms with Gasteiger partial charge in [0.15, 0.2) is 6.61 Å². The Bertz CT molecular complexity index is 1020. The predicted molar refractivity (Wildman–Crippen MR) is 106 cm³/mol. The summed E-state index contributed by atoms with van der Waals surface area (Å²) in [4.78, 5) is 26.5. The maximum atomic E-state index is 12.4. The normalized spacial score (nSPS) is 14.6. The Hall–Kier alpha value is -3.55. The van der Waals surface area contributed by atoms with E-state index in [1.54, 1.807) is 40.0 Å². The molecule has 8 heteroatoms. The van der Waals surface area contributed by atoms with E-state index in [1.165, 1.54) is 0 Å². The van der Waals surface area contributed by atoms with Crippen LogP contribution in [0.1, 0.15) is 18.9 Å². The molecule has 3 heterocycles. The molecule has 2 aromatic heterocycles. The molecule has 1 amide bonds. The second-order valence-corrected chi connectivity index (χ2v) is 6.83. The molecule has 4 rings (SSSR count). The van der Waals surface area contributed by atoms with Crippen molar-refractivity contribution in [3.63, 3.8) is 0 Å². The highest BCUT2D eigenvalue weighted by Gasteiger charge is 2.25. The summed E-state index contributed by atoms with van der Waals surface area (Å²) >= 11 is 0. The van der Waals surface area contributed by atoms with Crippen molar-refractivity contribution >= 4 is 5.91 Å². The number of carbonyl (C=O) groups excluding carboxylic acids is 1. The van der Waals surface area contributed by atoms with Gasteiger partial charge in [-0.05, 0) is 25.0 Å². The van der Waals surface area contributed by atoms with E-state index in [9.17, 15) is 9.59 Å². The highest BCUT2D eigenvalue weighted by Crippen LogP contribution is 2.22. The second-order valence-electron chi connectivity index (χ2n) is 6.83. The summed E-state index contributed by atoms with van der Waals surface area (Å²) in [7, 11) is 0. The number of nitrogens with zero attached hydrogens (tertiary/aromatic N) is 5. The van der Waals surface area contributed by atoms with E-state index in [0.29, 0.717) is 31.8 Å². The summed E-state index contributed by atoms with van der Waals surface area (Å²) in [6.07, 6.45) is 2.88. The van der Waals surface area contributed by atoms with Crippen molar-refractivity contribution in [1.29, 1.82) is 0 Å². The van der Waals surface area contributed by atoms with Gasteiger partial charge in [0.2, 0.25) is 5.88 Å². The second kappa shape index (κ2) is 8.64. The van der Waals surface area contributed by atoms with Crippen molar-refractivity contribution < 1.29 is 9.53 Å². The van der Waals surface area contributed by atoms with Crippen LogP contribution in [0.25, 0.3) is 11.3 Å². The number of ether oxygens (including phenoxy) is 1. The Morgan fingerprint density at radius 2 is 1.83 bits per heavy atom. The smallest absolute Gasteiger partial charge is 0.267 e. The SMILES string of the molecule is O=C(COc1cccnn1)N1CCC(n2nc(-c3ccccc3)ccc2=O)CC1. The zero-order valence-corrected chi connectivity index (χ0v) is 15.8. The van der Waals surface area contributed by atoms with E-state index in [2.05, 4.69) is 15.3 Å².